The summed E-state index contributed by atoms with van der Waals surface area (Å²) in [6.45, 7) is 3.42. The van der Waals surface area contributed by atoms with E-state index in [-0.39, 0.29) is 24.1 Å². The number of benzene rings is 1. The third kappa shape index (κ3) is 3.04. The Morgan fingerprint density at radius 3 is 2.56 bits per heavy atom. The van der Waals surface area contributed by atoms with E-state index >= 15 is 0 Å². The van der Waals surface area contributed by atoms with Gasteiger partial charge in [0.25, 0.3) is 5.91 Å². The molecule has 0 radical (unpaired) electrons. The quantitative estimate of drug-likeness (QED) is 0.754. The Balaban J connectivity index is 1.31. The topological polar surface area (TPSA) is 81.8 Å². The number of amides is 3. The zero-order valence-corrected chi connectivity index (χ0v) is 15.2. The second kappa shape index (κ2) is 6.42. The lowest BCUT2D eigenvalue weighted by atomic mass is 10.0. The van der Waals surface area contributed by atoms with Gasteiger partial charge in [-0.2, -0.15) is 0 Å². The van der Waals surface area contributed by atoms with Crippen LogP contribution in [0.5, 0.6) is 0 Å². The summed E-state index contributed by atoms with van der Waals surface area (Å²) >= 11 is 0. The Kier molecular flexibility index (Phi) is 4.02. The molecule has 7 heteroatoms. The Labute approximate surface area is 158 Å². The van der Waals surface area contributed by atoms with Gasteiger partial charge in [-0.15, -0.1) is 0 Å². The molecule has 2 bridgehead atoms. The van der Waals surface area contributed by atoms with Crippen molar-refractivity contribution >= 4 is 17.7 Å². The maximum atomic E-state index is 12.9. The van der Waals surface area contributed by atoms with Crippen molar-refractivity contribution in [2.75, 3.05) is 13.1 Å². The first kappa shape index (κ1) is 16.9. The summed E-state index contributed by atoms with van der Waals surface area (Å²) < 4.78 is 0. The van der Waals surface area contributed by atoms with Gasteiger partial charge in [-0.05, 0) is 36.5 Å². The van der Waals surface area contributed by atoms with Gasteiger partial charge in [0.2, 0.25) is 11.8 Å². The molecule has 27 heavy (non-hydrogen) atoms. The third-order valence-corrected chi connectivity index (χ3v) is 6.29. The van der Waals surface area contributed by atoms with Crippen molar-refractivity contribution in [2.45, 2.75) is 56.9 Å². The summed E-state index contributed by atoms with van der Waals surface area (Å²) in [4.78, 5) is 40.5. The maximum absolute atomic E-state index is 12.9. The van der Waals surface area contributed by atoms with Gasteiger partial charge in [-0.1, -0.05) is 12.1 Å². The summed E-state index contributed by atoms with van der Waals surface area (Å²) in [5, 5.41) is 5.99. The lowest BCUT2D eigenvalue weighted by molar-refractivity contribution is -0.136. The van der Waals surface area contributed by atoms with Crippen LogP contribution in [-0.2, 0) is 22.7 Å². The van der Waals surface area contributed by atoms with E-state index in [2.05, 4.69) is 21.6 Å². The van der Waals surface area contributed by atoms with E-state index in [0.717, 1.165) is 30.8 Å². The van der Waals surface area contributed by atoms with Crippen LogP contribution in [0.25, 0.3) is 0 Å². The van der Waals surface area contributed by atoms with E-state index in [1.807, 2.05) is 12.1 Å². The molecule has 1 unspecified atom stereocenters. The number of carbonyl (C=O) groups excluding carboxylic acids is 3. The summed E-state index contributed by atoms with van der Waals surface area (Å²) in [5.41, 5.74) is 2.82. The highest BCUT2D eigenvalue weighted by molar-refractivity contribution is 6.05. The molecule has 1 aromatic carbocycles. The second-order valence-electron chi connectivity index (χ2n) is 8.22. The number of fused-ring (bicyclic) bond motifs is 3. The summed E-state index contributed by atoms with van der Waals surface area (Å²) in [6.07, 6.45) is 3.20. The zero-order valence-electron chi connectivity index (χ0n) is 15.2. The van der Waals surface area contributed by atoms with E-state index in [9.17, 15) is 14.4 Å². The predicted molar refractivity (Wildman–Crippen MR) is 97.7 cm³/mol. The number of piperazine rings is 1. The molecule has 1 aromatic rings. The average molecular weight is 368 g/mol. The van der Waals surface area contributed by atoms with Crippen molar-refractivity contribution in [1.29, 1.82) is 0 Å². The van der Waals surface area contributed by atoms with E-state index < -0.39 is 6.04 Å². The van der Waals surface area contributed by atoms with Gasteiger partial charge < -0.3 is 10.2 Å². The molecule has 0 aromatic heterocycles. The first-order valence-corrected chi connectivity index (χ1v) is 9.82. The lowest BCUT2D eigenvalue weighted by Crippen LogP contribution is -2.52. The number of rotatable bonds is 3. The van der Waals surface area contributed by atoms with Gasteiger partial charge in [0.05, 0.1) is 0 Å². The number of piperidine rings is 1. The van der Waals surface area contributed by atoms with E-state index in [4.69, 9.17) is 0 Å². The number of carbonyl (C=O) groups is 3. The van der Waals surface area contributed by atoms with Gasteiger partial charge in [0.1, 0.15) is 6.04 Å². The van der Waals surface area contributed by atoms with Crippen molar-refractivity contribution in [3.8, 4) is 0 Å². The fourth-order valence-electron chi connectivity index (χ4n) is 4.98. The van der Waals surface area contributed by atoms with Crippen LogP contribution in [-0.4, -0.2) is 58.7 Å². The second-order valence-corrected chi connectivity index (χ2v) is 8.22. The lowest BCUT2D eigenvalue weighted by Gasteiger charge is -2.32. The van der Waals surface area contributed by atoms with Crippen molar-refractivity contribution in [3.63, 3.8) is 0 Å². The number of nitrogens with zero attached hydrogens (tertiary/aromatic N) is 2. The minimum absolute atomic E-state index is 0.0956. The zero-order chi connectivity index (χ0) is 18.5. The van der Waals surface area contributed by atoms with Crippen LogP contribution < -0.4 is 10.6 Å². The Hall–Kier alpha value is -2.25. The molecule has 0 spiro atoms. The van der Waals surface area contributed by atoms with Crippen LogP contribution in [0.4, 0.5) is 0 Å². The molecule has 3 atom stereocenters. The van der Waals surface area contributed by atoms with E-state index in [1.54, 1.807) is 4.90 Å². The van der Waals surface area contributed by atoms with Gasteiger partial charge in [-0.25, -0.2) is 0 Å². The highest BCUT2D eigenvalue weighted by Gasteiger charge is 2.39. The number of likely N-dealkylation sites (tertiary alicyclic amines) is 1. The fourth-order valence-corrected chi connectivity index (χ4v) is 4.98. The van der Waals surface area contributed by atoms with Gasteiger partial charge in [-0.3, -0.25) is 24.6 Å². The molecule has 0 saturated carbocycles. The molecule has 3 amide bonds. The number of hydrogen-bond acceptors (Lipinski definition) is 5. The SMILES string of the molecule is O=C1CCC(N2Cc3ccc(CN4C[C@H]5CC[C@@H](C4)N5)cc3C2=O)C(=O)N1. The Bertz CT molecular complexity index is 811. The number of hydrogen-bond donors (Lipinski definition) is 2. The van der Waals surface area contributed by atoms with Gasteiger partial charge in [0, 0.05) is 50.2 Å². The maximum Gasteiger partial charge on any atom is 0.255 e. The average Bonchev–Trinajstić information content (AvgIpc) is 3.15. The smallest absolute Gasteiger partial charge is 0.255 e. The van der Waals surface area contributed by atoms with Crippen LogP contribution in [0.3, 0.4) is 0 Å². The molecule has 5 rings (SSSR count). The molecular weight excluding hydrogens is 344 g/mol. The van der Waals surface area contributed by atoms with Crippen molar-refractivity contribution in [1.82, 2.24) is 20.4 Å². The normalized spacial score (nSPS) is 30.6. The minimum atomic E-state index is -0.546. The Morgan fingerprint density at radius 1 is 1.04 bits per heavy atom. The summed E-state index contributed by atoms with van der Waals surface area (Å²) in [5.74, 6) is -0.710. The predicted octanol–water partition coefficient (Wildman–Crippen LogP) is 0.384. The molecule has 7 nitrogen and oxygen atoms in total. The molecule has 3 saturated heterocycles. The molecule has 4 aliphatic heterocycles. The highest BCUT2D eigenvalue weighted by atomic mass is 16.2. The third-order valence-electron chi connectivity index (χ3n) is 6.29. The molecule has 4 aliphatic rings. The largest absolute Gasteiger partial charge is 0.322 e. The first-order chi connectivity index (χ1) is 13.1. The molecule has 3 fully saturated rings. The molecule has 2 N–H and O–H groups in total. The molecule has 4 heterocycles. The number of imide groups is 1. The van der Waals surface area contributed by atoms with Crippen LogP contribution in [0.1, 0.15) is 47.2 Å². The van der Waals surface area contributed by atoms with Gasteiger partial charge in [0.15, 0.2) is 0 Å². The fraction of sp³-hybridized carbons (Fsp3) is 0.550. The van der Waals surface area contributed by atoms with Crippen molar-refractivity contribution in [3.05, 3.63) is 34.9 Å². The highest BCUT2D eigenvalue weighted by Crippen LogP contribution is 2.29. The van der Waals surface area contributed by atoms with Crippen LogP contribution in [0, 0.1) is 0 Å². The number of nitrogens with one attached hydrogen (secondary N) is 2. The van der Waals surface area contributed by atoms with Crippen molar-refractivity contribution < 1.29 is 14.4 Å². The van der Waals surface area contributed by atoms with E-state index in [1.165, 1.54) is 12.8 Å². The van der Waals surface area contributed by atoms with Crippen LogP contribution in [0.2, 0.25) is 0 Å². The van der Waals surface area contributed by atoms with E-state index in [0.29, 0.717) is 30.6 Å². The minimum Gasteiger partial charge on any atom is -0.322 e. The monoisotopic (exact) mass is 368 g/mol. The molecule has 0 aliphatic carbocycles. The molecular formula is C20H24N4O3. The Morgan fingerprint density at radius 2 is 1.81 bits per heavy atom. The van der Waals surface area contributed by atoms with Gasteiger partial charge >= 0.3 is 0 Å². The first-order valence-electron chi connectivity index (χ1n) is 9.82. The van der Waals surface area contributed by atoms with Crippen LogP contribution >= 0.6 is 0 Å². The van der Waals surface area contributed by atoms with Crippen LogP contribution in [0.15, 0.2) is 18.2 Å². The standard InChI is InChI=1S/C20H24N4O3/c25-18-6-5-17(19(26)22-18)24-9-13-2-1-12(7-16(13)20(24)27)8-23-10-14-3-4-15(11-23)21-14/h1-2,7,14-15,17,21H,3-6,8-11H2,(H,22,25,26)/t14-,15+,17?. The van der Waals surface area contributed by atoms with Crippen molar-refractivity contribution in [2.24, 2.45) is 0 Å². The molecule has 142 valence electrons. The summed E-state index contributed by atoms with van der Waals surface area (Å²) in [7, 11) is 0. The summed E-state index contributed by atoms with van der Waals surface area (Å²) in [6, 6.07) is 6.77.